The van der Waals surface area contributed by atoms with Crippen LogP contribution in [0.3, 0.4) is 0 Å². The Morgan fingerprint density at radius 2 is 1.86 bits per heavy atom. The Hall–Kier alpha value is -0.120. The molecule has 0 radical (unpaired) electrons. The molecule has 3 heteroatoms. The van der Waals surface area contributed by atoms with Gasteiger partial charge in [-0.1, -0.05) is 20.8 Å². The first-order valence-electron chi connectivity index (χ1n) is 5.34. The SMILES string of the molecule is COCCNCCN(C)CC(C)(C)C. The summed E-state index contributed by atoms with van der Waals surface area (Å²) in [5.74, 6) is 0. The predicted octanol–water partition coefficient (Wildman–Crippen LogP) is 1.20. The summed E-state index contributed by atoms with van der Waals surface area (Å²) >= 11 is 0. The van der Waals surface area contributed by atoms with Gasteiger partial charge in [-0.25, -0.2) is 0 Å². The van der Waals surface area contributed by atoms with E-state index in [9.17, 15) is 0 Å². The number of ether oxygens (including phenoxy) is 1. The lowest BCUT2D eigenvalue weighted by atomic mass is 9.96. The third-order valence-corrected chi connectivity index (χ3v) is 1.90. The maximum Gasteiger partial charge on any atom is 0.0587 e. The largest absolute Gasteiger partial charge is 0.383 e. The molecule has 0 aliphatic rings. The van der Waals surface area contributed by atoms with Crippen molar-refractivity contribution in [2.45, 2.75) is 20.8 Å². The lowest BCUT2D eigenvalue weighted by Crippen LogP contribution is -2.35. The lowest BCUT2D eigenvalue weighted by molar-refractivity contribution is 0.194. The van der Waals surface area contributed by atoms with Crippen molar-refractivity contribution in [2.75, 3.05) is 46.9 Å². The van der Waals surface area contributed by atoms with Gasteiger partial charge in [-0.2, -0.15) is 0 Å². The topological polar surface area (TPSA) is 24.5 Å². The van der Waals surface area contributed by atoms with Gasteiger partial charge in [0.25, 0.3) is 0 Å². The van der Waals surface area contributed by atoms with Gasteiger partial charge in [-0.05, 0) is 12.5 Å². The molecule has 14 heavy (non-hydrogen) atoms. The van der Waals surface area contributed by atoms with E-state index in [2.05, 4.69) is 38.0 Å². The molecule has 0 aliphatic heterocycles. The second-order valence-electron chi connectivity index (χ2n) is 5.04. The van der Waals surface area contributed by atoms with Crippen LogP contribution in [0.5, 0.6) is 0 Å². The molecule has 0 aromatic carbocycles. The van der Waals surface area contributed by atoms with Crippen LogP contribution >= 0.6 is 0 Å². The van der Waals surface area contributed by atoms with Gasteiger partial charge in [0.05, 0.1) is 6.61 Å². The minimum absolute atomic E-state index is 0.390. The van der Waals surface area contributed by atoms with E-state index in [0.29, 0.717) is 5.41 Å². The molecule has 0 atom stereocenters. The maximum atomic E-state index is 4.95. The summed E-state index contributed by atoms with van der Waals surface area (Å²) in [6, 6.07) is 0. The highest BCUT2D eigenvalue weighted by Gasteiger charge is 2.12. The smallest absolute Gasteiger partial charge is 0.0587 e. The van der Waals surface area contributed by atoms with Crippen LogP contribution in [0.15, 0.2) is 0 Å². The molecular weight excluding hydrogens is 176 g/mol. The van der Waals surface area contributed by atoms with Crippen LogP contribution < -0.4 is 5.32 Å². The van der Waals surface area contributed by atoms with Crippen LogP contribution in [-0.4, -0.2) is 51.8 Å². The Morgan fingerprint density at radius 1 is 1.21 bits per heavy atom. The number of hydrogen-bond donors (Lipinski definition) is 1. The average molecular weight is 202 g/mol. The molecule has 0 aliphatic carbocycles. The molecule has 0 saturated heterocycles. The van der Waals surface area contributed by atoms with E-state index >= 15 is 0 Å². The van der Waals surface area contributed by atoms with Crippen molar-refractivity contribution in [3.8, 4) is 0 Å². The van der Waals surface area contributed by atoms with Crippen molar-refractivity contribution in [1.29, 1.82) is 0 Å². The van der Waals surface area contributed by atoms with E-state index in [-0.39, 0.29) is 0 Å². The standard InChI is InChI=1S/C11H26N2O/c1-11(2,3)10-13(4)8-6-12-7-9-14-5/h12H,6-10H2,1-5H3. The Bertz CT molecular complexity index is 132. The molecule has 1 N–H and O–H groups in total. The zero-order valence-corrected chi connectivity index (χ0v) is 10.4. The van der Waals surface area contributed by atoms with E-state index in [1.165, 1.54) is 0 Å². The summed E-state index contributed by atoms with van der Waals surface area (Å²) < 4.78 is 4.95. The quantitative estimate of drug-likeness (QED) is 0.628. The van der Waals surface area contributed by atoms with Crippen molar-refractivity contribution in [3.05, 3.63) is 0 Å². The number of hydrogen-bond acceptors (Lipinski definition) is 3. The summed E-state index contributed by atoms with van der Waals surface area (Å²) in [5.41, 5.74) is 0.390. The zero-order valence-electron chi connectivity index (χ0n) is 10.4. The van der Waals surface area contributed by atoms with E-state index in [1.807, 2.05) is 0 Å². The third-order valence-electron chi connectivity index (χ3n) is 1.90. The van der Waals surface area contributed by atoms with E-state index in [0.717, 1.165) is 32.8 Å². The highest BCUT2D eigenvalue weighted by Crippen LogP contribution is 2.13. The molecule has 3 nitrogen and oxygen atoms in total. The monoisotopic (exact) mass is 202 g/mol. The van der Waals surface area contributed by atoms with Crippen LogP contribution in [0.4, 0.5) is 0 Å². The number of rotatable bonds is 7. The molecule has 0 aromatic rings. The molecule has 0 spiro atoms. The average Bonchev–Trinajstić information content (AvgIpc) is 2.00. The molecule has 0 bridgehead atoms. The second kappa shape index (κ2) is 7.21. The zero-order chi connectivity index (χ0) is 11.0. The normalized spacial score (nSPS) is 12.4. The van der Waals surface area contributed by atoms with E-state index in [4.69, 9.17) is 4.74 Å². The second-order valence-corrected chi connectivity index (χ2v) is 5.04. The van der Waals surface area contributed by atoms with Crippen LogP contribution in [0.2, 0.25) is 0 Å². The molecule has 86 valence electrons. The summed E-state index contributed by atoms with van der Waals surface area (Å²) in [4.78, 5) is 2.36. The van der Waals surface area contributed by atoms with Gasteiger partial charge in [-0.3, -0.25) is 0 Å². The van der Waals surface area contributed by atoms with Crippen molar-refractivity contribution in [2.24, 2.45) is 5.41 Å². The van der Waals surface area contributed by atoms with Gasteiger partial charge < -0.3 is 15.0 Å². The molecule has 0 aromatic heterocycles. The fraction of sp³-hybridized carbons (Fsp3) is 1.00. The molecule has 0 rings (SSSR count). The number of methoxy groups -OCH3 is 1. The van der Waals surface area contributed by atoms with Crippen LogP contribution in [0, 0.1) is 5.41 Å². The van der Waals surface area contributed by atoms with Gasteiger partial charge in [0.1, 0.15) is 0 Å². The molecule has 0 unspecified atom stereocenters. The summed E-state index contributed by atoms with van der Waals surface area (Å²) in [5, 5.41) is 3.34. The summed E-state index contributed by atoms with van der Waals surface area (Å²) in [7, 11) is 3.90. The van der Waals surface area contributed by atoms with Crippen molar-refractivity contribution >= 4 is 0 Å². The fourth-order valence-corrected chi connectivity index (χ4v) is 1.46. The van der Waals surface area contributed by atoms with Crippen molar-refractivity contribution < 1.29 is 4.74 Å². The highest BCUT2D eigenvalue weighted by molar-refractivity contribution is 4.66. The molecule has 0 amide bonds. The Morgan fingerprint density at radius 3 is 2.36 bits per heavy atom. The minimum Gasteiger partial charge on any atom is -0.383 e. The Balaban J connectivity index is 3.31. The number of likely N-dealkylation sites (N-methyl/N-ethyl adjacent to an activating group) is 1. The Labute approximate surface area is 88.8 Å². The van der Waals surface area contributed by atoms with Gasteiger partial charge in [0.15, 0.2) is 0 Å². The van der Waals surface area contributed by atoms with Crippen molar-refractivity contribution in [1.82, 2.24) is 10.2 Å². The van der Waals surface area contributed by atoms with Gasteiger partial charge in [0.2, 0.25) is 0 Å². The number of nitrogens with one attached hydrogen (secondary N) is 1. The van der Waals surface area contributed by atoms with E-state index < -0.39 is 0 Å². The highest BCUT2D eigenvalue weighted by atomic mass is 16.5. The van der Waals surface area contributed by atoms with Gasteiger partial charge in [-0.15, -0.1) is 0 Å². The van der Waals surface area contributed by atoms with Crippen LogP contribution in [0.25, 0.3) is 0 Å². The first kappa shape index (κ1) is 13.9. The minimum atomic E-state index is 0.390. The number of nitrogens with zero attached hydrogens (tertiary/aromatic N) is 1. The molecule has 0 saturated carbocycles. The van der Waals surface area contributed by atoms with Gasteiger partial charge >= 0.3 is 0 Å². The predicted molar refractivity (Wildman–Crippen MR) is 61.7 cm³/mol. The molecular formula is C11H26N2O. The van der Waals surface area contributed by atoms with Crippen LogP contribution in [0.1, 0.15) is 20.8 Å². The fourth-order valence-electron chi connectivity index (χ4n) is 1.46. The first-order chi connectivity index (χ1) is 6.45. The third kappa shape index (κ3) is 9.96. The maximum absolute atomic E-state index is 4.95. The van der Waals surface area contributed by atoms with Crippen LogP contribution in [-0.2, 0) is 4.74 Å². The molecule has 0 fully saturated rings. The van der Waals surface area contributed by atoms with E-state index in [1.54, 1.807) is 7.11 Å². The van der Waals surface area contributed by atoms with Crippen molar-refractivity contribution in [3.63, 3.8) is 0 Å². The van der Waals surface area contributed by atoms with Gasteiger partial charge in [0, 0.05) is 33.3 Å². The lowest BCUT2D eigenvalue weighted by Gasteiger charge is -2.26. The Kier molecular flexibility index (Phi) is 7.15. The summed E-state index contributed by atoms with van der Waals surface area (Å²) in [6.45, 7) is 11.8. The first-order valence-corrected chi connectivity index (χ1v) is 5.34. The summed E-state index contributed by atoms with van der Waals surface area (Å²) in [6.07, 6.45) is 0. The molecule has 0 heterocycles.